The zero-order valence-corrected chi connectivity index (χ0v) is 15.2. The normalized spacial score (nSPS) is 28.2. The van der Waals surface area contributed by atoms with Crippen LogP contribution in [0.5, 0.6) is 0 Å². The fourth-order valence-corrected chi connectivity index (χ4v) is 7.86. The molecule has 5 heteroatoms. The molecule has 0 saturated carbocycles. The van der Waals surface area contributed by atoms with Gasteiger partial charge in [-0.1, -0.05) is 60.7 Å². The number of hydrogen-bond acceptors (Lipinski definition) is 4. The average molecular weight is 355 g/mol. The standard InChI is InChI=1S/C20H24N2O2P/c1-3-7-17(8-4-1)13-19-15-23-25-21(19)11-12-22(25)20(16-24-25)14-18-9-5-2-6-10-18/h1-10,19-20H,11-16H2/q+1/t19-,20-,25?/m0/s1. The van der Waals surface area contributed by atoms with Crippen molar-refractivity contribution in [3.8, 4) is 0 Å². The first-order valence-corrected chi connectivity index (χ1v) is 10.7. The Labute approximate surface area is 150 Å². The molecule has 0 aliphatic carbocycles. The Hall–Kier alpha value is -1.29. The van der Waals surface area contributed by atoms with Crippen molar-refractivity contribution in [2.75, 3.05) is 26.3 Å². The Morgan fingerprint density at radius 1 is 0.720 bits per heavy atom. The smallest absolute Gasteiger partial charge is 0.170 e. The Balaban J connectivity index is 1.32. The molecule has 4 nitrogen and oxygen atoms in total. The van der Waals surface area contributed by atoms with Crippen molar-refractivity contribution < 1.29 is 9.05 Å². The van der Waals surface area contributed by atoms with Crippen molar-refractivity contribution >= 4 is 8.02 Å². The molecule has 2 atom stereocenters. The van der Waals surface area contributed by atoms with Crippen LogP contribution in [-0.2, 0) is 21.9 Å². The highest BCUT2D eigenvalue weighted by Gasteiger charge is 2.72. The van der Waals surface area contributed by atoms with Gasteiger partial charge in [0.2, 0.25) is 0 Å². The van der Waals surface area contributed by atoms with Gasteiger partial charge in [-0.05, 0) is 24.0 Å². The summed E-state index contributed by atoms with van der Waals surface area (Å²) in [6, 6.07) is 22.4. The second-order valence-electron chi connectivity index (χ2n) is 7.10. The van der Waals surface area contributed by atoms with Crippen LogP contribution in [0, 0.1) is 0 Å². The van der Waals surface area contributed by atoms with E-state index in [1.165, 1.54) is 11.1 Å². The molecule has 3 aliphatic rings. The summed E-state index contributed by atoms with van der Waals surface area (Å²) in [5, 5.41) is 0. The van der Waals surface area contributed by atoms with Crippen LogP contribution in [0.4, 0.5) is 0 Å². The topological polar surface area (TPSA) is 24.9 Å². The van der Waals surface area contributed by atoms with Gasteiger partial charge in [0.15, 0.2) is 0 Å². The van der Waals surface area contributed by atoms with Crippen LogP contribution < -0.4 is 0 Å². The molecule has 2 aromatic carbocycles. The van der Waals surface area contributed by atoms with Gasteiger partial charge in [-0.2, -0.15) is 9.05 Å². The molecule has 3 aliphatic heterocycles. The Kier molecular flexibility index (Phi) is 4.11. The summed E-state index contributed by atoms with van der Waals surface area (Å²) < 4.78 is 17.9. The van der Waals surface area contributed by atoms with E-state index in [-0.39, 0.29) is 0 Å². The van der Waals surface area contributed by atoms with Gasteiger partial charge in [-0.3, -0.25) is 0 Å². The lowest BCUT2D eigenvalue weighted by atomic mass is 10.1. The van der Waals surface area contributed by atoms with E-state index in [1.54, 1.807) is 0 Å². The molecule has 2 aromatic rings. The monoisotopic (exact) mass is 355 g/mol. The zero-order valence-electron chi connectivity index (χ0n) is 14.3. The molecule has 3 saturated heterocycles. The predicted molar refractivity (Wildman–Crippen MR) is 100 cm³/mol. The van der Waals surface area contributed by atoms with Gasteiger partial charge in [0.1, 0.15) is 13.2 Å². The predicted octanol–water partition coefficient (Wildman–Crippen LogP) is 3.56. The van der Waals surface area contributed by atoms with Gasteiger partial charge in [-0.15, -0.1) is 9.34 Å². The maximum atomic E-state index is 6.38. The molecule has 5 rings (SSSR count). The fourth-order valence-electron chi connectivity index (χ4n) is 4.36. The minimum atomic E-state index is -1.99. The van der Waals surface area contributed by atoms with Crippen LogP contribution in [0.2, 0.25) is 0 Å². The molecule has 0 aromatic heterocycles. The molecule has 3 fully saturated rings. The quantitative estimate of drug-likeness (QED) is 0.783. The average Bonchev–Trinajstić information content (AvgIpc) is 3.28. The van der Waals surface area contributed by atoms with Crippen molar-refractivity contribution in [2.24, 2.45) is 0 Å². The van der Waals surface area contributed by atoms with Gasteiger partial charge >= 0.3 is 8.02 Å². The van der Waals surface area contributed by atoms with Crippen molar-refractivity contribution in [3.63, 3.8) is 0 Å². The number of benzene rings is 2. The number of hydrogen-bond donors (Lipinski definition) is 0. The van der Waals surface area contributed by atoms with Crippen LogP contribution in [0.25, 0.3) is 0 Å². The molecule has 0 bridgehead atoms. The van der Waals surface area contributed by atoms with Crippen molar-refractivity contribution in [1.82, 2.24) is 9.34 Å². The zero-order chi connectivity index (χ0) is 16.7. The number of rotatable bonds is 4. The Morgan fingerprint density at radius 2 is 1.16 bits per heavy atom. The summed E-state index contributed by atoms with van der Waals surface area (Å²) in [7, 11) is -1.99. The van der Waals surface area contributed by atoms with Crippen LogP contribution in [0.15, 0.2) is 60.7 Å². The summed E-state index contributed by atoms with van der Waals surface area (Å²) in [5.41, 5.74) is 2.77. The lowest BCUT2D eigenvalue weighted by Gasteiger charge is -2.22. The van der Waals surface area contributed by atoms with Gasteiger partial charge in [-0.25, -0.2) is 0 Å². The highest BCUT2D eigenvalue weighted by molar-refractivity contribution is 7.62. The fraction of sp³-hybridized carbons (Fsp3) is 0.400. The van der Waals surface area contributed by atoms with E-state index in [2.05, 4.69) is 70.0 Å². The van der Waals surface area contributed by atoms with Crippen LogP contribution in [0.1, 0.15) is 11.1 Å². The molecule has 0 radical (unpaired) electrons. The molecule has 25 heavy (non-hydrogen) atoms. The van der Waals surface area contributed by atoms with E-state index in [1.807, 2.05) is 0 Å². The van der Waals surface area contributed by atoms with Gasteiger partial charge in [0, 0.05) is 0 Å². The first-order chi connectivity index (χ1) is 12.4. The summed E-state index contributed by atoms with van der Waals surface area (Å²) in [6.45, 7) is 3.71. The maximum Gasteiger partial charge on any atom is 0.437 e. The van der Waals surface area contributed by atoms with Gasteiger partial charge in [0.25, 0.3) is 0 Å². The highest BCUT2D eigenvalue weighted by Crippen LogP contribution is 2.77. The summed E-state index contributed by atoms with van der Waals surface area (Å²) in [4.78, 5) is 0. The van der Waals surface area contributed by atoms with E-state index in [9.17, 15) is 0 Å². The van der Waals surface area contributed by atoms with Gasteiger partial charge < -0.3 is 0 Å². The Morgan fingerprint density at radius 3 is 1.60 bits per heavy atom. The van der Waals surface area contributed by atoms with E-state index >= 15 is 0 Å². The summed E-state index contributed by atoms with van der Waals surface area (Å²) >= 11 is 0. The third-order valence-corrected chi connectivity index (χ3v) is 8.87. The summed E-state index contributed by atoms with van der Waals surface area (Å²) in [5.74, 6) is 0. The van der Waals surface area contributed by atoms with Crippen LogP contribution in [-0.4, -0.2) is 47.7 Å². The van der Waals surface area contributed by atoms with Gasteiger partial charge in [0.05, 0.1) is 25.2 Å². The summed E-state index contributed by atoms with van der Waals surface area (Å²) in [6.07, 6.45) is 2.09. The third kappa shape index (κ3) is 2.73. The molecule has 3 heterocycles. The molecule has 0 N–H and O–H groups in total. The second kappa shape index (κ2) is 6.46. The van der Waals surface area contributed by atoms with E-state index < -0.39 is 8.02 Å². The van der Waals surface area contributed by atoms with E-state index in [4.69, 9.17) is 9.05 Å². The van der Waals surface area contributed by atoms with Crippen LogP contribution >= 0.6 is 8.02 Å². The molecular formula is C20H24N2O2P+. The molecule has 130 valence electrons. The lowest BCUT2D eigenvalue weighted by molar-refractivity contribution is 0.271. The van der Waals surface area contributed by atoms with Crippen molar-refractivity contribution in [2.45, 2.75) is 24.9 Å². The van der Waals surface area contributed by atoms with Crippen LogP contribution in [0.3, 0.4) is 0 Å². The molecular weight excluding hydrogens is 331 g/mol. The minimum Gasteiger partial charge on any atom is -0.170 e. The largest absolute Gasteiger partial charge is 0.437 e. The van der Waals surface area contributed by atoms with E-state index in [0.29, 0.717) is 12.1 Å². The number of nitrogens with zero attached hydrogens (tertiary/aromatic N) is 2. The molecule has 1 spiro atoms. The van der Waals surface area contributed by atoms with Crippen molar-refractivity contribution in [3.05, 3.63) is 71.8 Å². The van der Waals surface area contributed by atoms with E-state index in [0.717, 1.165) is 39.1 Å². The first-order valence-electron chi connectivity index (χ1n) is 9.15. The molecule has 0 unspecified atom stereocenters. The molecule has 0 amide bonds. The van der Waals surface area contributed by atoms with Crippen molar-refractivity contribution in [1.29, 1.82) is 0 Å². The minimum absolute atomic E-state index is 0.441. The SMILES string of the molecule is c1ccc(C[C@H]2CO[P+]34OC[C@H](Cc5ccccc5)N3CCN24)cc1. The lowest BCUT2D eigenvalue weighted by Crippen LogP contribution is -2.31. The maximum absolute atomic E-state index is 6.38. The first kappa shape index (κ1) is 15.9. The third-order valence-electron chi connectivity index (χ3n) is 5.55. The second-order valence-corrected chi connectivity index (χ2v) is 9.62. The Bertz CT molecular complexity index is 663. The highest BCUT2D eigenvalue weighted by atomic mass is 31.2.